The number of fused-ring (bicyclic) bond motifs is 3. The van der Waals surface area contributed by atoms with Crippen LogP contribution in [0.4, 0.5) is 14.5 Å². The standard InChI is InChI=1S/C23H24F2N4O8/c24-1-2-28-6-12(30)29-11-5-10(25)8-3-7-4-9-16(26)19(33)15(22(27)36)21(35)23(9,37)20(34)13(7)18(32)14(8)17(11)31/h5,7,9,16,28,31-32,35,37H,1-4,6,26H2,(H2,27,36)(H,29,30)/t7-,9-,16-,23-/m0/s1. The summed E-state index contributed by atoms with van der Waals surface area (Å²) in [4.78, 5) is 49.9. The molecule has 1 saturated carbocycles. The number of phenols is 1. The van der Waals surface area contributed by atoms with Crippen molar-refractivity contribution in [2.45, 2.75) is 24.5 Å². The van der Waals surface area contributed by atoms with Gasteiger partial charge in [-0.15, -0.1) is 0 Å². The Balaban J connectivity index is 1.82. The van der Waals surface area contributed by atoms with Gasteiger partial charge in [-0.25, -0.2) is 8.78 Å². The van der Waals surface area contributed by atoms with Gasteiger partial charge in [0.1, 0.15) is 29.6 Å². The van der Waals surface area contributed by atoms with Crippen LogP contribution in [0.1, 0.15) is 17.5 Å². The molecule has 4 atom stereocenters. The van der Waals surface area contributed by atoms with Gasteiger partial charge in [0, 0.05) is 29.7 Å². The Morgan fingerprint density at radius 3 is 2.51 bits per heavy atom. The number of alkyl halides is 1. The molecular weight excluding hydrogens is 498 g/mol. The van der Waals surface area contributed by atoms with Crippen molar-refractivity contribution in [3.05, 3.63) is 39.9 Å². The maximum absolute atomic E-state index is 15.1. The number of rotatable bonds is 6. The van der Waals surface area contributed by atoms with Gasteiger partial charge in [-0.3, -0.25) is 19.2 Å². The van der Waals surface area contributed by atoms with Crippen LogP contribution in [0.5, 0.6) is 5.75 Å². The molecule has 4 rings (SSSR count). The lowest BCUT2D eigenvalue weighted by Crippen LogP contribution is -2.65. The van der Waals surface area contributed by atoms with Crippen molar-refractivity contribution in [3.8, 4) is 5.75 Å². The summed E-state index contributed by atoms with van der Waals surface area (Å²) >= 11 is 0. The Labute approximate surface area is 207 Å². The smallest absolute Gasteiger partial charge is 0.255 e. The largest absolute Gasteiger partial charge is 0.508 e. The summed E-state index contributed by atoms with van der Waals surface area (Å²) in [6, 6.07) is -0.802. The third-order valence-electron chi connectivity index (χ3n) is 7.03. The third kappa shape index (κ3) is 3.84. The molecule has 0 bridgehead atoms. The molecule has 0 aliphatic heterocycles. The summed E-state index contributed by atoms with van der Waals surface area (Å²) in [6.45, 7) is -1.22. The number of aliphatic hydroxyl groups is 3. The van der Waals surface area contributed by atoms with Crippen LogP contribution in [0, 0.1) is 17.7 Å². The lowest BCUT2D eigenvalue weighted by atomic mass is 9.58. The lowest BCUT2D eigenvalue weighted by molar-refractivity contribution is -0.149. The SMILES string of the molecule is NC(=O)C1=C(O)[C@@]2(O)C(=O)C3=C(O)c4c(O)c(NC(=O)CNCCF)cc(F)c4C[C@H]3C[C@H]2[C@H](N)C1=O. The Hall–Kier alpha value is -3.88. The highest BCUT2D eigenvalue weighted by atomic mass is 19.1. The number of benzene rings is 1. The predicted octanol–water partition coefficient (Wildman–Crippen LogP) is -1.00. The molecule has 3 aliphatic carbocycles. The quantitative estimate of drug-likeness (QED) is 0.129. The molecule has 1 fully saturated rings. The Kier molecular flexibility index (Phi) is 6.52. The molecule has 0 saturated heterocycles. The van der Waals surface area contributed by atoms with E-state index in [1.165, 1.54) is 0 Å². The summed E-state index contributed by atoms with van der Waals surface area (Å²) in [5.41, 5.74) is 5.44. The Bertz CT molecular complexity index is 1310. The van der Waals surface area contributed by atoms with Crippen LogP contribution in [-0.4, -0.2) is 75.2 Å². The fourth-order valence-corrected chi connectivity index (χ4v) is 5.30. The van der Waals surface area contributed by atoms with Crippen LogP contribution >= 0.6 is 0 Å². The number of hydrogen-bond donors (Lipinski definition) is 8. The van der Waals surface area contributed by atoms with Crippen molar-refractivity contribution in [1.82, 2.24) is 5.32 Å². The summed E-state index contributed by atoms with van der Waals surface area (Å²) in [7, 11) is 0. The molecule has 1 aromatic carbocycles. The van der Waals surface area contributed by atoms with Crippen LogP contribution in [-0.2, 0) is 25.6 Å². The zero-order chi connectivity index (χ0) is 27.4. The minimum atomic E-state index is -2.89. The number of Topliss-reactive ketones (excluding diaryl/α,β-unsaturated/α-hetero) is 2. The van der Waals surface area contributed by atoms with E-state index in [1.807, 2.05) is 0 Å². The lowest BCUT2D eigenvalue weighted by Gasteiger charge is -2.48. The number of phenolic OH excluding ortho intramolecular Hbond substituents is 1. The first-order chi connectivity index (χ1) is 17.4. The number of aliphatic hydroxyl groups excluding tert-OH is 2. The third-order valence-corrected chi connectivity index (χ3v) is 7.03. The molecule has 0 aromatic heterocycles. The first-order valence-electron chi connectivity index (χ1n) is 11.2. The average Bonchev–Trinajstić information content (AvgIpc) is 2.82. The van der Waals surface area contributed by atoms with Crippen LogP contribution in [0.25, 0.3) is 5.76 Å². The van der Waals surface area contributed by atoms with Gasteiger partial charge in [-0.05, 0) is 18.8 Å². The summed E-state index contributed by atoms with van der Waals surface area (Å²) in [6.07, 6.45) is -0.546. The zero-order valence-electron chi connectivity index (χ0n) is 19.2. The highest BCUT2D eigenvalue weighted by Crippen LogP contribution is 2.52. The van der Waals surface area contributed by atoms with Gasteiger partial charge in [-0.1, -0.05) is 0 Å². The van der Waals surface area contributed by atoms with Crippen molar-refractivity contribution in [2.24, 2.45) is 23.3 Å². The van der Waals surface area contributed by atoms with Crippen molar-refractivity contribution in [2.75, 3.05) is 25.1 Å². The molecule has 10 N–H and O–H groups in total. The number of anilines is 1. The number of amides is 2. The normalized spacial score (nSPS) is 27.0. The topological polar surface area (TPSA) is 225 Å². The zero-order valence-corrected chi connectivity index (χ0v) is 19.2. The van der Waals surface area contributed by atoms with Gasteiger partial charge in [0.15, 0.2) is 17.1 Å². The number of hydrogen-bond acceptors (Lipinski definition) is 10. The van der Waals surface area contributed by atoms with Crippen molar-refractivity contribution < 1.29 is 48.4 Å². The molecule has 0 heterocycles. The maximum atomic E-state index is 15.1. The number of aromatic hydroxyl groups is 1. The van der Waals surface area contributed by atoms with E-state index in [1.54, 1.807) is 0 Å². The number of halogens is 2. The van der Waals surface area contributed by atoms with Crippen LogP contribution in [0.15, 0.2) is 23.0 Å². The molecule has 3 aliphatic rings. The van der Waals surface area contributed by atoms with Crippen molar-refractivity contribution in [1.29, 1.82) is 0 Å². The van der Waals surface area contributed by atoms with E-state index >= 15 is 4.39 Å². The number of nitrogens with two attached hydrogens (primary N) is 2. The molecule has 198 valence electrons. The molecular formula is C23H24F2N4O8. The van der Waals surface area contributed by atoms with E-state index in [4.69, 9.17) is 11.5 Å². The minimum absolute atomic E-state index is 0.119. The average molecular weight is 522 g/mol. The maximum Gasteiger partial charge on any atom is 0.255 e. The first kappa shape index (κ1) is 26.2. The van der Waals surface area contributed by atoms with E-state index in [0.29, 0.717) is 0 Å². The van der Waals surface area contributed by atoms with Crippen molar-refractivity contribution in [3.63, 3.8) is 0 Å². The Morgan fingerprint density at radius 2 is 1.89 bits per heavy atom. The van der Waals surface area contributed by atoms with Gasteiger partial charge in [-0.2, -0.15) is 0 Å². The fourth-order valence-electron chi connectivity index (χ4n) is 5.30. The molecule has 37 heavy (non-hydrogen) atoms. The molecule has 14 heteroatoms. The van der Waals surface area contributed by atoms with Gasteiger partial charge >= 0.3 is 0 Å². The highest BCUT2D eigenvalue weighted by Gasteiger charge is 2.63. The monoisotopic (exact) mass is 522 g/mol. The minimum Gasteiger partial charge on any atom is -0.508 e. The van der Waals surface area contributed by atoms with Crippen LogP contribution in [0.2, 0.25) is 0 Å². The van der Waals surface area contributed by atoms with E-state index in [-0.39, 0.29) is 31.5 Å². The number of carbonyl (C=O) groups is 4. The van der Waals surface area contributed by atoms with E-state index in [0.717, 1.165) is 6.07 Å². The number of primary amides is 1. The molecule has 12 nitrogen and oxygen atoms in total. The molecule has 0 unspecified atom stereocenters. The fraction of sp³-hybridized carbons (Fsp3) is 0.391. The second-order valence-electron chi connectivity index (χ2n) is 9.10. The molecule has 0 spiro atoms. The van der Waals surface area contributed by atoms with Crippen LogP contribution < -0.4 is 22.1 Å². The summed E-state index contributed by atoms with van der Waals surface area (Å²) < 4.78 is 27.3. The van der Waals surface area contributed by atoms with E-state index in [2.05, 4.69) is 10.6 Å². The number of ketones is 2. The second-order valence-corrected chi connectivity index (χ2v) is 9.10. The van der Waals surface area contributed by atoms with Gasteiger partial charge in [0.25, 0.3) is 5.91 Å². The summed E-state index contributed by atoms with van der Waals surface area (Å²) in [5, 5.41) is 48.3. The molecule has 1 aromatic rings. The second kappa shape index (κ2) is 9.21. The van der Waals surface area contributed by atoms with Crippen LogP contribution in [0.3, 0.4) is 0 Å². The predicted molar refractivity (Wildman–Crippen MR) is 122 cm³/mol. The first-order valence-corrected chi connectivity index (χ1v) is 11.2. The molecule has 2 amide bonds. The van der Waals surface area contributed by atoms with E-state index < -0.39 is 99.0 Å². The van der Waals surface area contributed by atoms with E-state index in [9.17, 15) is 44.0 Å². The van der Waals surface area contributed by atoms with Gasteiger partial charge in [0.05, 0.1) is 23.8 Å². The summed E-state index contributed by atoms with van der Waals surface area (Å²) in [5.74, 6) is -10.9. The highest BCUT2D eigenvalue weighted by molar-refractivity contribution is 6.24. The number of nitrogens with one attached hydrogen (secondary N) is 2. The van der Waals surface area contributed by atoms with Gasteiger partial charge in [0.2, 0.25) is 11.7 Å². The Morgan fingerprint density at radius 1 is 1.22 bits per heavy atom. The number of carbonyl (C=O) groups excluding carboxylic acids is 4. The molecule has 0 radical (unpaired) electrons. The van der Waals surface area contributed by atoms with Gasteiger partial charge < -0.3 is 42.5 Å². The van der Waals surface area contributed by atoms with Crippen molar-refractivity contribution >= 4 is 34.8 Å².